The molecule has 0 aromatic heterocycles. The third-order valence-corrected chi connectivity index (χ3v) is 3.49. The Hall–Kier alpha value is -1.42. The topological polar surface area (TPSA) is 47.7 Å². The van der Waals surface area contributed by atoms with Crippen molar-refractivity contribution in [2.75, 3.05) is 30.9 Å². The van der Waals surface area contributed by atoms with Crippen LogP contribution in [0.2, 0.25) is 0 Å². The van der Waals surface area contributed by atoms with E-state index in [9.17, 15) is 0 Å². The molecule has 100 valence electrons. The van der Waals surface area contributed by atoms with Crippen molar-refractivity contribution in [2.24, 2.45) is 0 Å². The van der Waals surface area contributed by atoms with E-state index in [2.05, 4.69) is 24.8 Å². The van der Waals surface area contributed by atoms with E-state index in [0.717, 1.165) is 31.0 Å². The van der Waals surface area contributed by atoms with Gasteiger partial charge in [-0.3, -0.25) is 0 Å². The third-order valence-electron chi connectivity index (χ3n) is 3.49. The maximum Gasteiger partial charge on any atom is 0.143 e. The van der Waals surface area contributed by atoms with E-state index in [-0.39, 0.29) is 6.10 Å². The Balaban J connectivity index is 2.27. The normalized spacial score (nSPS) is 24.1. The molecule has 2 unspecified atom stereocenters. The standard InChI is InChI=1S/C14H22N2O2/c1-4-11-9-18-10(2)8-16(11)12-5-6-13(15)14(7-12)17-3/h5-7,10-11H,4,8-9,15H2,1-3H3. The highest BCUT2D eigenvalue weighted by molar-refractivity contribution is 5.62. The molecule has 1 heterocycles. The van der Waals surface area contributed by atoms with Crippen LogP contribution in [0.25, 0.3) is 0 Å². The minimum atomic E-state index is 0.261. The van der Waals surface area contributed by atoms with Gasteiger partial charge < -0.3 is 20.1 Å². The third kappa shape index (κ3) is 2.53. The van der Waals surface area contributed by atoms with Crippen LogP contribution in [-0.2, 0) is 4.74 Å². The van der Waals surface area contributed by atoms with Crippen LogP contribution in [-0.4, -0.2) is 32.4 Å². The predicted molar refractivity (Wildman–Crippen MR) is 74.2 cm³/mol. The monoisotopic (exact) mass is 250 g/mol. The Labute approximate surface area is 109 Å². The number of nitrogen functional groups attached to an aromatic ring is 1. The van der Waals surface area contributed by atoms with Crippen LogP contribution in [0.15, 0.2) is 18.2 Å². The zero-order valence-corrected chi connectivity index (χ0v) is 11.3. The molecular weight excluding hydrogens is 228 g/mol. The molecule has 1 aromatic rings. The van der Waals surface area contributed by atoms with E-state index in [1.807, 2.05) is 12.1 Å². The van der Waals surface area contributed by atoms with Gasteiger partial charge in [0.05, 0.1) is 31.5 Å². The van der Waals surface area contributed by atoms with Crippen LogP contribution in [0.3, 0.4) is 0 Å². The highest BCUT2D eigenvalue weighted by Crippen LogP contribution is 2.30. The Bertz CT molecular complexity index is 409. The average Bonchev–Trinajstić information content (AvgIpc) is 2.39. The van der Waals surface area contributed by atoms with Crippen LogP contribution in [0.1, 0.15) is 20.3 Å². The second-order valence-corrected chi connectivity index (χ2v) is 4.78. The largest absolute Gasteiger partial charge is 0.495 e. The van der Waals surface area contributed by atoms with Gasteiger partial charge in [0.25, 0.3) is 0 Å². The van der Waals surface area contributed by atoms with Gasteiger partial charge in [-0.1, -0.05) is 6.92 Å². The Kier molecular flexibility index (Phi) is 3.97. The van der Waals surface area contributed by atoms with Crippen molar-refractivity contribution >= 4 is 11.4 Å². The lowest BCUT2D eigenvalue weighted by Gasteiger charge is -2.40. The molecule has 4 heteroatoms. The van der Waals surface area contributed by atoms with Gasteiger partial charge in [-0.2, -0.15) is 0 Å². The minimum Gasteiger partial charge on any atom is -0.495 e. The number of hydrogen-bond acceptors (Lipinski definition) is 4. The van der Waals surface area contributed by atoms with Crippen molar-refractivity contribution in [1.82, 2.24) is 0 Å². The lowest BCUT2D eigenvalue weighted by Crippen LogP contribution is -2.48. The molecule has 1 aromatic carbocycles. The number of nitrogens with zero attached hydrogens (tertiary/aromatic N) is 1. The first-order valence-electron chi connectivity index (χ1n) is 6.47. The number of anilines is 2. The Morgan fingerprint density at radius 3 is 2.94 bits per heavy atom. The van der Waals surface area contributed by atoms with Crippen molar-refractivity contribution in [2.45, 2.75) is 32.4 Å². The highest BCUT2D eigenvalue weighted by atomic mass is 16.5. The molecule has 18 heavy (non-hydrogen) atoms. The summed E-state index contributed by atoms with van der Waals surface area (Å²) in [6.45, 7) is 5.98. The molecule has 1 aliphatic rings. The average molecular weight is 250 g/mol. The summed E-state index contributed by atoms with van der Waals surface area (Å²) in [6, 6.07) is 6.39. The predicted octanol–water partition coefficient (Wildman–Crippen LogP) is 2.28. The fourth-order valence-corrected chi connectivity index (χ4v) is 2.38. The number of hydrogen-bond donors (Lipinski definition) is 1. The summed E-state index contributed by atoms with van der Waals surface area (Å²) in [5.74, 6) is 0.737. The van der Waals surface area contributed by atoms with E-state index in [0.29, 0.717) is 11.7 Å². The molecule has 1 aliphatic heterocycles. The number of methoxy groups -OCH3 is 1. The van der Waals surface area contributed by atoms with Gasteiger partial charge in [-0.05, 0) is 25.5 Å². The number of nitrogens with two attached hydrogens (primary N) is 1. The van der Waals surface area contributed by atoms with Crippen LogP contribution in [0.5, 0.6) is 5.75 Å². The number of ether oxygens (including phenoxy) is 2. The van der Waals surface area contributed by atoms with Gasteiger partial charge in [0.15, 0.2) is 0 Å². The highest BCUT2D eigenvalue weighted by Gasteiger charge is 2.26. The molecule has 1 saturated heterocycles. The maximum atomic E-state index is 5.86. The molecule has 0 bridgehead atoms. The van der Waals surface area contributed by atoms with Crippen LogP contribution in [0, 0.1) is 0 Å². The van der Waals surface area contributed by atoms with Gasteiger partial charge in [0.2, 0.25) is 0 Å². The molecule has 0 spiro atoms. The summed E-state index contributed by atoms with van der Waals surface area (Å²) in [5, 5.41) is 0. The zero-order chi connectivity index (χ0) is 13.1. The molecule has 0 aliphatic carbocycles. The molecule has 4 nitrogen and oxygen atoms in total. The van der Waals surface area contributed by atoms with Crippen molar-refractivity contribution in [1.29, 1.82) is 0 Å². The fraction of sp³-hybridized carbons (Fsp3) is 0.571. The molecule has 2 N–H and O–H groups in total. The van der Waals surface area contributed by atoms with E-state index >= 15 is 0 Å². The van der Waals surface area contributed by atoms with Crippen molar-refractivity contribution in [3.05, 3.63) is 18.2 Å². The molecule has 0 radical (unpaired) electrons. The Morgan fingerprint density at radius 1 is 1.50 bits per heavy atom. The quantitative estimate of drug-likeness (QED) is 0.836. The summed E-state index contributed by atoms with van der Waals surface area (Å²) in [5.41, 5.74) is 7.69. The first kappa shape index (κ1) is 13.0. The van der Waals surface area contributed by atoms with E-state index < -0.39 is 0 Å². The van der Waals surface area contributed by atoms with E-state index in [4.69, 9.17) is 15.2 Å². The molecular formula is C14H22N2O2. The van der Waals surface area contributed by atoms with Crippen LogP contribution >= 0.6 is 0 Å². The smallest absolute Gasteiger partial charge is 0.143 e. The van der Waals surface area contributed by atoms with Crippen molar-refractivity contribution < 1.29 is 9.47 Å². The van der Waals surface area contributed by atoms with Gasteiger partial charge in [0, 0.05) is 18.3 Å². The molecule has 1 fully saturated rings. The zero-order valence-electron chi connectivity index (χ0n) is 11.3. The summed E-state index contributed by atoms with van der Waals surface area (Å²) < 4.78 is 11.0. The number of benzene rings is 1. The van der Waals surface area contributed by atoms with Gasteiger partial charge in [0.1, 0.15) is 5.75 Å². The molecule has 0 amide bonds. The summed E-state index contributed by atoms with van der Waals surface area (Å²) in [4.78, 5) is 2.39. The minimum absolute atomic E-state index is 0.261. The van der Waals surface area contributed by atoms with E-state index in [1.165, 1.54) is 0 Å². The lowest BCUT2D eigenvalue weighted by molar-refractivity contribution is 0.0299. The van der Waals surface area contributed by atoms with Gasteiger partial charge in [-0.25, -0.2) is 0 Å². The van der Waals surface area contributed by atoms with Crippen molar-refractivity contribution in [3.8, 4) is 5.75 Å². The molecule has 0 saturated carbocycles. The van der Waals surface area contributed by atoms with E-state index in [1.54, 1.807) is 7.11 Å². The second kappa shape index (κ2) is 5.48. The number of rotatable bonds is 3. The van der Waals surface area contributed by atoms with Gasteiger partial charge in [-0.15, -0.1) is 0 Å². The Morgan fingerprint density at radius 2 is 2.28 bits per heavy atom. The second-order valence-electron chi connectivity index (χ2n) is 4.78. The van der Waals surface area contributed by atoms with Crippen molar-refractivity contribution in [3.63, 3.8) is 0 Å². The summed E-state index contributed by atoms with van der Waals surface area (Å²) >= 11 is 0. The van der Waals surface area contributed by atoms with Crippen LogP contribution in [0.4, 0.5) is 11.4 Å². The maximum absolute atomic E-state index is 5.86. The summed E-state index contributed by atoms with van der Waals surface area (Å²) in [7, 11) is 1.65. The fourth-order valence-electron chi connectivity index (χ4n) is 2.38. The number of morpholine rings is 1. The lowest BCUT2D eigenvalue weighted by atomic mass is 10.1. The SMILES string of the molecule is CCC1COC(C)CN1c1ccc(N)c(OC)c1. The van der Waals surface area contributed by atoms with Crippen LogP contribution < -0.4 is 15.4 Å². The molecule has 2 rings (SSSR count). The van der Waals surface area contributed by atoms with Gasteiger partial charge >= 0.3 is 0 Å². The first-order chi connectivity index (χ1) is 8.65. The first-order valence-corrected chi connectivity index (χ1v) is 6.47. The molecule has 2 atom stereocenters. The summed E-state index contributed by atoms with van der Waals surface area (Å²) in [6.07, 6.45) is 1.33.